The summed E-state index contributed by atoms with van der Waals surface area (Å²) in [4.78, 5) is 40.3. The Morgan fingerprint density at radius 3 is 2.32 bits per heavy atom. The highest BCUT2D eigenvalue weighted by atomic mass is 35.5. The Hall–Kier alpha value is -1.73. The van der Waals surface area contributed by atoms with Crippen LogP contribution in [0.5, 0.6) is 0 Å². The Morgan fingerprint density at radius 1 is 1.16 bits per heavy atom. The molecule has 136 valence electrons. The lowest BCUT2D eigenvalue weighted by Gasteiger charge is -2.35. The van der Waals surface area contributed by atoms with Crippen LogP contribution in [0.25, 0.3) is 0 Å². The minimum absolute atomic E-state index is 0.00473. The number of esters is 1. The van der Waals surface area contributed by atoms with Crippen LogP contribution in [0.3, 0.4) is 0 Å². The normalized spacial score (nSPS) is 15.7. The van der Waals surface area contributed by atoms with Gasteiger partial charge in [0.05, 0.1) is 10.6 Å². The van der Waals surface area contributed by atoms with Crippen LogP contribution in [-0.4, -0.2) is 66.1 Å². The third-order valence-electron chi connectivity index (χ3n) is 4.06. The van der Waals surface area contributed by atoms with E-state index >= 15 is 0 Å². The zero-order chi connectivity index (χ0) is 18.6. The van der Waals surface area contributed by atoms with Crippen LogP contribution in [0, 0.1) is 0 Å². The number of nitrogens with zero attached hydrogens (tertiary/aromatic N) is 2. The third-order valence-corrected chi connectivity index (χ3v) is 5.12. The molecule has 1 heterocycles. The summed E-state index contributed by atoms with van der Waals surface area (Å²) in [6.07, 6.45) is 0.982. The van der Waals surface area contributed by atoms with Gasteiger partial charge in [0.1, 0.15) is 0 Å². The van der Waals surface area contributed by atoms with Crippen LogP contribution < -0.4 is 0 Å². The van der Waals surface area contributed by atoms with Gasteiger partial charge in [-0.05, 0) is 31.4 Å². The molecule has 0 aliphatic carbocycles. The number of ether oxygens (including phenoxy) is 1. The van der Waals surface area contributed by atoms with Crippen molar-refractivity contribution >= 4 is 41.1 Å². The first-order valence-corrected chi connectivity index (χ1v) is 9.52. The van der Waals surface area contributed by atoms with Gasteiger partial charge in [-0.15, -0.1) is 11.8 Å². The summed E-state index contributed by atoms with van der Waals surface area (Å²) < 4.78 is 5.30. The number of hydrogen-bond acceptors (Lipinski definition) is 5. The van der Waals surface area contributed by atoms with Crippen molar-refractivity contribution < 1.29 is 19.1 Å². The van der Waals surface area contributed by atoms with E-state index in [0.717, 1.165) is 4.90 Å². The second-order valence-electron chi connectivity index (χ2n) is 5.72. The summed E-state index contributed by atoms with van der Waals surface area (Å²) in [7, 11) is 0. The molecule has 2 amide bonds. The van der Waals surface area contributed by atoms with Crippen LogP contribution in [0.4, 0.5) is 0 Å². The molecule has 2 rings (SSSR count). The van der Waals surface area contributed by atoms with E-state index < -0.39 is 12.1 Å². The number of carbonyl (C=O) groups is 3. The number of hydrogen-bond donors (Lipinski definition) is 0. The molecule has 1 saturated heterocycles. The number of rotatable bonds is 4. The molecule has 0 radical (unpaired) electrons. The van der Waals surface area contributed by atoms with E-state index in [2.05, 4.69) is 0 Å². The molecule has 0 N–H and O–H groups in total. The molecular weight excluding hydrogens is 364 g/mol. The quantitative estimate of drug-likeness (QED) is 0.588. The first kappa shape index (κ1) is 19.6. The van der Waals surface area contributed by atoms with Gasteiger partial charge in [0, 0.05) is 38.0 Å². The molecule has 6 nitrogen and oxygen atoms in total. The highest BCUT2D eigenvalue weighted by Gasteiger charge is 2.28. The zero-order valence-electron chi connectivity index (χ0n) is 14.5. The molecule has 0 aromatic heterocycles. The maximum Gasteiger partial charge on any atom is 0.340 e. The van der Waals surface area contributed by atoms with Gasteiger partial charge < -0.3 is 14.5 Å². The fraction of sp³-hybridized carbons (Fsp3) is 0.471. The minimum Gasteiger partial charge on any atom is -0.449 e. The van der Waals surface area contributed by atoms with E-state index in [4.69, 9.17) is 16.3 Å². The smallest absolute Gasteiger partial charge is 0.340 e. The molecule has 0 saturated carbocycles. The molecule has 1 fully saturated rings. The monoisotopic (exact) mass is 384 g/mol. The molecule has 0 bridgehead atoms. The Morgan fingerprint density at radius 2 is 1.76 bits per heavy atom. The largest absolute Gasteiger partial charge is 0.449 e. The first-order chi connectivity index (χ1) is 11.8. The van der Waals surface area contributed by atoms with Gasteiger partial charge in [-0.1, -0.05) is 11.6 Å². The highest BCUT2D eigenvalue weighted by Crippen LogP contribution is 2.24. The molecular formula is C17H21ClN2O4S. The lowest BCUT2D eigenvalue weighted by atomic mass is 10.2. The summed E-state index contributed by atoms with van der Waals surface area (Å²) >= 11 is 7.55. The second kappa shape index (κ2) is 8.58. The van der Waals surface area contributed by atoms with Crippen LogP contribution in [0.1, 0.15) is 24.2 Å². The topological polar surface area (TPSA) is 66.9 Å². The molecule has 25 heavy (non-hydrogen) atoms. The van der Waals surface area contributed by atoms with Gasteiger partial charge in [-0.25, -0.2) is 4.79 Å². The first-order valence-electron chi connectivity index (χ1n) is 7.92. The fourth-order valence-corrected chi connectivity index (χ4v) is 3.20. The molecule has 0 spiro atoms. The Balaban J connectivity index is 1.97. The van der Waals surface area contributed by atoms with E-state index in [0.29, 0.717) is 26.2 Å². The van der Waals surface area contributed by atoms with Gasteiger partial charge in [-0.2, -0.15) is 0 Å². The summed E-state index contributed by atoms with van der Waals surface area (Å²) in [5, 5.41) is 0.289. The van der Waals surface area contributed by atoms with Crippen molar-refractivity contribution in [2.24, 2.45) is 0 Å². The van der Waals surface area contributed by atoms with E-state index in [1.807, 2.05) is 12.3 Å². The lowest BCUT2D eigenvalue weighted by molar-refractivity contribution is -0.144. The van der Waals surface area contributed by atoms with Crippen molar-refractivity contribution in [3.05, 3.63) is 28.8 Å². The number of thioether (sulfide) groups is 1. The van der Waals surface area contributed by atoms with E-state index in [9.17, 15) is 14.4 Å². The van der Waals surface area contributed by atoms with Gasteiger partial charge in [0.15, 0.2) is 6.10 Å². The number of piperazine rings is 1. The number of halogens is 1. The SMILES string of the molecule is CSc1ccc(Cl)c(C(=O)OC(C)C(=O)N2CCN(C(C)=O)CC2)c1. The van der Waals surface area contributed by atoms with Crippen molar-refractivity contribution in [2.45, 2.75) is 24.8 Å². The summed E-state index contributed by atoms with van der Waals surface area (Å²) in [5.41, 5.74) is 0.245. The molecule has 1 aliphatic heterocycles. The standard InChI is InChI=1S/C17H21ClN2O4S/c1-11(16(22)20-8-6-19(7-9-20)12(2)21)24-17(23)14-10-13(25-3)4-5-15(14)18/h4-5,10-11H,6-9H2,1-3H3. The van der Waals surface area contributed by atoms with Gasteiger partial charge in [0.2, 0.25) is 5.91 Å². The molecule has 8 heteroatoms. The molecule has 1 aliphatic rings. The number of amides is 2. The van der Waals surface area contributed by atoms with Crippen molar-refractivity contribution in [1.29, 1.82) is 0 Å². The maximum atomic E-state index is 12.5. The van der Waals surface area contributed by atoms with Crippen molar-refractivity contribution in [3.63, 3.8) is 0 Å². The third kappa shape index (κ3) is 4.89. The Kier molecular flexibility index (Phi) is 6.72. The lowest BCUT2D eigenvalue weighted by Crippen LogP contribution is -2.52. The van der Waals surface area contributed by atoms with Crippen LogP contribution in [-0.2, 0) is 14.3 Å². The number of benzene rings is 1. The van der Waals surface area contributed by atoms with Crippen LogP contribution >= 0.6 is 23.4 Å². The predicted molar refractivity (Wildman–Crippen MR) is 96.9 cm³/mol. The minimum atomic E-state index is -0.912. The predicted octanol–water partition coefficient (Wildman–Crippen LogP) is 2.30. The second-order valence-corrected chi connectivity index (χ2v) is 7.01. The van der Waals surface area contributed by atoms with Crippen molar-refractivity contribution in [3.8, 4) is 0 Å². The van der Waals surface area contributed by atoms with Crippen molar-refractivity contribution in [1.82, 2.24) is 9.80 Å². The summed E-state index contributed by atoms with van der Waals surface area (Å²) in [6.45, 7) is 4.90. The van der Waals surface area contributed by atoms with Gasteiger partial charge in [0.25, 0.3) is 5.91 Å². The molecule has 1 unspecified atom stereocenters. The van der Waals surface area contributed by atoms with E-state index in [-0.39, 0.29) is 22.4 Å². The Bertz CT molecular complexity index is 675. The Labute approximate surface area is 156 Å². The molecule has 1 aromatic rings. The maximum absolute atomic E-state index is 12.5. The number of carbonyl (C=O) groups excluding carboxylic acids is 3. The molecule has 1 atom stereocenters. The summed E-state index contributed by atoms with van der Waals surface area (Å²) in [6, 6.07) is 5.10. The average Bonchev–Trinajstić information content (AvgIpc) is 2.61. The van der Waals surface area contributed by atoms with Crippen LogP contribution in [0.15, 0.2) is 23.1 Å². The average molecular weight is 385 g/mol. The molecule has 1 aromatic carbocycles. The highest BCUT2D eigenvalue weighted by molar-refractivity contribution is 7.98. The zero-order valence-corrected chi connectivity index (χ0v) is 16.0. The fourth-order valence-electron chi connectivity index (χ4n) is 2.56. The van der Waals surface area contributed by atoms with Gasteiger partial charge >= 0.3 is 5.97 Å². The van der Waals surface area contributed by atoms with Gasteiger partial charge in [-0.3, -0.25) is 9.59 Å². The van der Waals surface area contributed by atoms with Crippen molar-refractivity contribution in [2.75, 3.05) is 32.4 Å². The van der Waals surface area contributed by atoms with E-state index in [1.165, 1.54) is 18.7 Å². The summed E-state index contributed by atoms with van der Waals surface area (Å²) in [5.74, 6) is -0.896. The van der Waals surface area contributed by atoms with Crippen LogP contribution in [0.2, 0.25) is 5.02 Å². The van der Waals surface area contributed by atoms with E-state index in [1.54, 1.807) is 28.9 Å².